The molecule has 0 unspecified atom stereocenters. The smallest absolute Gasteiger partial charge is 0.422 e. The van der Waals surface area contributed by atoms with Gasteiger partial charge < -0.3 is 9.64 Å². The van der Waals surface area contributed by atoms with Gasteiger partial charge in [0.25, 0.3) is 5.91 Å². The molecular formula is C20H21F3N2O2. The molecule has 0 saturated carbocycles. The van der Waals surface area contributed by atoms with Crippen molar-refractivity contribution < 1.29 is 22.7 Å². The van der Waals surface area contributed by atoms with Crippen LogP contribution < -0.4 is 4.74 Å². The number of hydrogen-bond acceptors (Lipinski definition) is 3. The highest BCUT2D eigenvalue weighted by molar-refractivity contribution is 5.94. The molecule has 144 valence electrons. The van der Waals surface area contributed by atoms with Crippen molar-refractivity contribution in [2.24, 2.45) is 0 Å². The minimum absolute atomic E-state index is 0.0425. The molecule has 0 N–H and O–H groups in total. The van der Waals surface area contributed by atoms with Crippen LogP contribution in [0.2, 0.25) is 0 Å². The largest absolute Gasteiger partial charge is 0.484 e. The Hall–Kier alpha value is -2.54. The molecule has 0 atom stereocenters. The molecule has 4 nitrogen and oxygen atoms in total. The predicted octanol–water partition coefficient (Wildman–Crippen LogP) is 3.59. The molecule has 1 aliphatic heterocycles. The molecule has 1 saturated heterocycles. The Labute approximate surface area is 156 Å². The minimum Gasteiger partial charge on any atom is -0.484 e. The van der Waals surface area contributed by atoms with Crippen LogP contribution in [0.3, 0.4) is 0 Å². The number of piperazine rings is 1. The monoisotopic (exact) mass is 378 g/mol. The van der Waals surface area contributed by atoms with Gasteiger partial charge in [0.15, 0.2) is 6.61 Å². The Balaban J connectivity index is 1.54. The van der Waals surface area contributed by atoms with Crippen LogP contribution in [0.1, 0.15) is 15.9 Å². The maximum Gasteiger partial charge on any atom is 0.422 e. The second-order valence-corrected chi connectivity index (χ2v) is 6.49. The van der Waals surface area contributed by atoms with Crippen molar-refractivity contribution in [1.29, 1.82) is 0 Å². The summed E-state index contributed by atoms with van der Waals surface area (Å²) in [7, 11) is 0. The molecule has 1 fully saturated rings. The summed E-state index contributed by atoms with van der Waals surface area (Å²) in [5, 5.41) is 0. The summed E-state index contributed by atoms with van der Waals surface area (Å²) >= 11 is 0. The highest BCUT2D eigenvalue weighted by Gasteiger charge is 2.28. The van der Waals surface area contributed by atoms with Gasteiger partial charge in [-0.1, -0.05) is 36.4 Å². The van der Waals surface area contributed by atoms with E-state index in [0.717, 1.165) is 19.6 Å². The van der Waals surface area contributed by atoms with E-state index in [1.165, 1.54) is 23.8 Å². The molecule has 2 aromatic rings. The van der Waals surface area contributed by atoms with E-state index in [1.54, 1.807) is 11.0 Å². The van der Waals surface area contributed by atoms with Gasteiger partial charge in [-0.15, -0.1) is 0 Å². The number of carbonyl (C=O) groups excluding carboxylic acids is 1. The molecule has 0 aliphatic carbocycles. The van der Waals surface area contributed by atoms with Crippen LogP contribution in [-0.4, -0.2) is 54.7 Å². The van der Waals surface area contributed by atoms with Gasteiger partial charge in [0, 0.05) is 38.3 Å². The Kier molecular flexibility index (Phi) is 6.01. The fourth-order valence-corrected chi connectivity index (χ4v) is 3.02. The summed E-state index contributed by atoms with van der Waals surface area (Å²) in [6, 6.07) is 16.0. The zero-order valence-electron chi connectivity index (χ0n) is 14.8. The number of rotatable bonds is 5. The highest BCUT2D eigenvalue weighted by Crippen LogP contribution is 2.20. The number of nitrogens with zero attached hydrogens (tertiary/aromatic N) is 2. The lowest BCUT2D eigenvalue weighted by atomic mass is 10.1. The lowest BCUT2D eigenvalue weighted by Crippen LogP contribution is -2.48. The van der Waals surface area contributed by atoms with Gasteiger partial charge in [-0.3, -0.25) is 9.69 Å². The first kappa shape index (κ1) is 19.2. The quantitative estimate of drug-likeness (QED) is 0.797. The third-order valence-electron chi connectivity index (χ3n) is 4.39. The van der Waals surface area contributed by atoms with E-state index < -0.39 is 12.8 Å². The molecule has 1 aliphatic rings. The first-order chi connectivity index (χ1) is 12.9. The van der Waals surface area contributed by atoms with E-state index in [2.05, 4.69) is 17.0 Å². The normalized spacial score (nSPS) is 15.6. The number of hydrogen-bond donors (Lipinski definition) is 0. The zero-order valence-corrected chi connectivity index (χ0v) is 14.8. The van der Waals surface area contributed by atoms with Crippen molar-refractivity contribution in [2.45, 2.75) is 12.7 Å². The molecule has 0 radical (unpaired) electrons. The topological polar surface area (TPSA) is 32.8 Å². The number of benzene rings is 2. The highest BCUT2D eigenvalue weighted by atomic mass is 19.4. The van der Waals surface area contributed by atoms with Gasteiger partial charge in [-0.2, -0.15) is 13.2 Å². The fraction of sp³-hybridized carbons (Fsp3) is 0.350. The standard InChI is InChI=1S/C20H21F3N2O2/c21-20(22,23)15-27-18-8-4-7-17(13-18)19(26)25-11-9-24(10-12-25)14-16-5-2-1-3-6-16/h1-8,13H,9-12,14-15H2. The van der Waals surface area contributed by atoms with Crippen molar-refractivity contribution in [3.05, 3.63) is 65.7 Å². The fourth-order valence-electron chi connectivity index (χ4n) is 3.02. The number of halogens is 3. The average Bonchev–Trinajstić information content (AvgIpc) is 2.67. The maximum absolute atomic E-state index is 12.6. The third-order valence-corrected chi connectivity index (χ3v) is 4.39. The van der Waals surface area contributed by atoms with Gasteiger partial charge in [0.2, 0.25) is 0 Å². The molecule has 0 bridgehead atoms. The summed E-state index contributed by atoms with van der Waals surface area (Å²) in [6.45, 7) is 2.14. The second kappa shape index (κ2) is 8.43. The molecule has 3 rings (SSSR count). The lowest BCUT2D eigenvalue weighted by molar-refractivity contribution is -0.153. The molecule has 2 aromatic carbocycles. The van der Waals surface area contributed by atoms with Crippen LogP contribution in [0.15, 0.2) is 54.6 Å². The molecule has 7 heteroatoms. The van der Waals surface area contributed by atoms with E-state index in [0.29, 0.717) is 18.7 Å². The van der Waals surface area contributed by atoms with Crippen molar-refractivity contribution in [2.75, 3.05) is 32.8 Å². The van der Waals surface area contributed by atoms with Crippen molar-refractivity contribution in [3.8, 4) is 5.75 Å². The lowest BCUT2D eigenvalue weighted by Gasteiger charge is -2.34. The van der Waals surface area contributed by atoms with Crippen LogP contribution in [0.25, 0.3) is 0 Å². The van der Waals surface area contributed by atoms with E-state index in [-0.39, 0.29) is 11.7 Å². The number of alkyl halides is 3. The first-order valence-corrected chi connectivity index (χ1v) is 8.76. The van der Waals surface area contributed by atoms with Crippen LogP contribution in [0.4, 0.5) is 13.2 Å². The minimum atomic E-state index is -4.41. The van der Waals surface area contributed by atoms with Crippen molar-refractivity contribution >= 4 is 5.91 Å². The average molecular weight is 378 g/mol. The molecule has 1 amide bonds. The van der Waals surface area contributed by atoms with E-state index in [1.807, 2.05) is 18.2 Å². The number of carbonyl (C=O) groups is 1. The van der Waals surface area contributed by atoms with Gasteiger partial charge >= 0.3 is 6.18 Å². The van der Waals surface area contributed by atoms with Gasteiger partial charge in [0.1, 0.15) is 5.75 Å². The summed E-state index contributed by atoms with van der Waals surface area (Å²) < 4.78 is 41.6. The van der Waals surface area contributed by atoms with Crippen LogP contribution in [-0.2, 0) is 6.54 Å². The van der Waals surface area contributed by atoms with Gasteiger partial charge in [0.05, 0.1) is 0 Å². The Morgan fingerprint density at radius 1 is 0.963 bits per heavy atom. The van der Waals surface area contributed by atoms with Crippen LogP contribution >= 0.6 is 0 Å². The van der Waals surface area contributed by atoms with E-state index >= 15 is 0 Å². The molecule has 27 heavy (non-hydrogen) atoms. The first-order valence-electron chi connectivity index (χ1n) is 8.76. The van der Waals surface area contributed by atoms with Crippen LogP contribution in [0, 0.1) is 0 Å². The summed E-state index contributed by atoms with van der Waals surface area (Å²) in [6.07, 6.45) is -4.41. The second-order valence-electron chi connectivity index (χ2n) is 6.49. The van der Waals surface area contributed by atoms with E-state index in [9.17, 15) is 18.0 Å². The zero-order chi connectivity index (χ0) is 19.3. The predicted molar refractivity (Wildman–Crippen MR) is 95.6 cm³/mol. The maximum atomic E-state index is 12.6. The molecule has 1 heterocycles. The van der Waals surface area contributed by atoms with Crippen molar-refractivity contribution in [3.63, 3.8) is 0 Å². The number of ether oxygens (including phenoxy) is 1. The number of amides is 1. The Bertz CT molecular complexity index is 757. The third kappa shape index (κ3) is 5.72. The summed E-state index contributed by atoms with van der Waals surface area (Å²) in [5.41, 5.74) is 1.57. The van der Waals surface area contributed by atoms with Gasteiger partial charge in [-0.25, -0.2) is 0 Å². The van der Waals surface area contributed by atoms with Gasteiger partial charge in [-0.05, 0) is 23.8 Å². The SMILES string of the molecule is O=C(c1cccc(OCC(F)(F)F)c1)N1CCN(Cc2ccccc2)CC1. The Morgan fingerprint density at radius 3 is 2.33 bits per heavy atom. The summed E-state index contributed by atoms with van der Waals surface area (Å²) in [5.74, 6) is -0.146. The molecular weight excluding hydrogens is 357 g/mol. The van der Waals surface area contributed by atoms with Crippen molar-refractivity contribution in [1.82, 2.24) is 9.80 Å². The molecule has 0 spiro atoms. The Morgan fingerprint density at radius 2 is 1.67 bits per heavy atom. The van der Waals surface area contributed by atoms with Crippen LogP contribution in [0.5, 0.6) is 5.75 Å². The molecule has 0 aromatic heterocycles. The van der Waals surface area contributed by atoms with E-state index in [4.69, 9.17) is 4.74 Å². The summed E-state index contributed by atoms with van der Waals surface area (Å²) in [4.78, 5) is 16.7.